The average Bonchev–Trinajstić information content (AvgIpc) is 3.34. The Morgan fingerprint density at radius 1 is 1.26 bits per heavy atom. The average molecular weight is 458 g/mol. The molecule has 0 fully saturated rings. The van der Waals surface area contributed by atoms with Crippen molar-refractivity contribution in [1.29, 1.82) is 0 Å². The first-order valence-corrected chi connectivity index (χ1v) is 11.6. The molecule has 0 atom stereocenters. The molecule has 6 nitrogen and oxygen atoms in total. The zero-order chi connectivity index (χ0) is 21.8. The fourth-order valence-electron chi connectivity index (χ4n) is 3.65. The first-order chi connectivity index (χ1) is 15.0. The fourth-order valence-corrected chi connectivity index (χ4v) is 4.86. The first-order valence-electron chi connectivity index (χ1n) is 10.4. The van der Waals surface area contributed by atoms with Gasteiger partial charge in [0.15, 0.2) is 6.61 Å². The lowest BCUT2D eigenvalue weighted by atomic mass is 9.97. The summed E-state index contributed by atoms with van der Waals surface area (Å²) in [5.74, 6) is -0.789. The number of thiophene rings is 1. The van der Waals surface area contributed by atoms with Crippen molar-refractivity contribution in [2.45, 2.75) is 39.0 Å². The lowest BCUT2D eigenvalue weighted by Gasteiger charge is -2.12. The van der Waals surface area contributed by atoms with Gasteiger partial charge in [0, 0.05) is 17.0 Å². The maximum atomic E-state index is 12.5. The van der Waals surface area contributed by atoms with Crippen LogP contribution in [0.2, 0.25) is 5.02 Å². The predicted molar refractivity (Wildman–Crippen MR) is 123 cm³/mol. The van der Waals surface area contributed by atoms with Gasteiger partial charge in [0.1, 0.15) is 9.71 Å². The maximum absolute atomic E-state index is 12.5. The predicted octanol–water partition coefficient (Wildman–Crippen LogP) is 5.21. The van der Waals surface area contributed by atoms with E-state index in [0.717, 1.165) is 40.9 Å². The monoisotopic (exact) mass is 457 g/mol. The molecular formula is C23H24ClN3O3S. The van der Waals surface area contributed by atoms with Gasteiger partial charge in [-0.2, -0.15) is 5.10 Å². The zero-order valence-electron chi connectivity index (χ0n) is 17.3. The highest BCUT2D eigenvalue weighted by Crippen LogP contribution is 2.31. The van der Waals surface area contributed by atoms with Gasteiger partial charge >= 0.3 is 5.97 Å². The van der Waals surface area contributed by atoms with Gasteiger partial charge in [0.05, 0.1) is 11.4 Å². The summed E-state index contributed by atoms with van der Waals surface area (Å²) < 4.78 is 7.02. The number of amides is 1. The van der Waals surface area contributed by atoms with Crippen LogP contribution < -0.4 is 5.32 Å². The highest BCUT2D eigenvalue weighted by atomic mass is 35.5. The van der Waals surface area contributed by atoms with Crippen molar-refractivity contribution in [2.75, 3.05) is 13.2 Å². The second kappa shape index (κ2) is 9.66. The quantitative estimate of drug-likeness (QED) is 0.390. The number of benzene rings is 1. The van der Waals surface area contributed by atoms with Crippen molar-refractivity contribution in [1.82, 2.24) is 15.1 Å². The number of carbonyl (C=O) groups excluding carboxylic acids is 2. The minimum Gasteiger partial charge on any atom is -0.451 e. The van der Waals surface area contributed by atoms with Gasteiger partial charge < -0.3 is 10.1 Å². The number of rotatable bonds is 7. The number of aromatic nitrogens is 2. The lowest BCUT2D eigenvalue weighted by molar-refractivity contribution is -0.124. The highest BCUT2D eigenvalue weighted by Gasteiger charge is 2.19. The molecule has 162 valence electrons. The molecule has 31 heavy (non-hydrogen) atoms. The summed E-state index contributed by atoms with van der Waals surface area (Å²) in [5, 5.41) is 8.92. The number of allylic oxidation sites excluding steroid dienone is 1. The normalized spacial score (nSPS) is 13.8. The second-order valence-corrected chi connectivity index (χ2v) is 9.05. The Labute approximate surface area is 189 Å². The largest absolute Gasteiger partial charge is 0.451 e. The van der Waals surface area contributed by atoms with E-state index in [2.05, 4.69) is 16.5 Å². The van der Waals surface area contributed by atoms with E-state index < -0.39 is 5.97 Å². The van der Waals surface area contributed by atoms with Crippen LogP contribution in [-0.4, -0.2) is 34.8 Å². The Hall–Kier alpha value is -2.64. The molecule has 4 rings (SSSR count). The number of fused-ring (bicyclic) bond motifs is 1. The van der Waals surface area contributed by atoms with Gasteiger partial charge in [-0.1, -0.05) is 23.3 Å². The third-order valence-electron chi connectivity index (χ3n) is 5.30. The number of nitrogens with zero attached hydrogens (tertiary/aromatic N) is 2. The summed E-state index contributed by atoms with van der Waals surface area (Å²) in [7, 11) is 0. The van der Waals surface area contributed by atoms with E-state index in [0.29, 0.717) is 16.4 Å². The van der Waals surface area contributed by atoms with Gasteiger partial charge in [-0.3, -0.25) is 4.79 Å². The van der Waals surface area contributed by atoms with E-state index >= 15 is 0 Å². The van der Waals surface area contributed by atoms with Gasteiger partial charge in [0.2, 0.25) is 0 Å². The Morgan fingerprint density at radius 3 is 2.81 bits per heavy atom. The van der Waals surface area contributed by atoms with Crippen molar-refractivity contribution in [3.8, 4) is 5.69 Å². The van der Waals surface area contributed by atoms with Crippen molar-refractivity contribution in [3.05, 3.63) is 57.6 Å². The number of hydrogen-bond donors (Lipinski definition) is 1. The zero-order valence-corrected chi connectivity index (χ0v) is 18.9. The van der Waals surface area contributed by atoms with Crippen LogP contribution in [0.5, 0.6) is 0 Å². The number of nitrogens with one attached hydrogen (secondary N) is 1. The Balaban J connectivity index is 1.35. The van der Waals surface area contributed by atoms with Crippen LogP contribution >= 0.6 is 22.9 Å². The van der Waals surface area contributed by atoms with Gasteiger partial charge in [-0.15, -0.1) is 11.3 Å². The minimum absolute atomic E-state index is 0.283. The van der Waals surface area contributed by atoms with Crippen LogP contribution in [0.1, 0.15) is 47.5 Å². The Bertz CT molecular complexity index is 1130. The van der Waals surface area contributed by atoms with Gasteiger partial charge in [-0.05, 0) is 69.4 Å². The van der Waals surface area contributed by atoms with E-state index in [1.807, 2.05) is 19.1 Å². The van der Waals surface area contributed by atoms with Crippen LogP contribution in [0.3, 0.4) is 0 Å². The molecule has 0 saturated carbocycles. The molecule has 2 heterocycles. The smallest absolute Gasteiger partial charge is 0.348 e. The summed E-state index contributed by atoms with van der Waals surface area (Å²) >= 11 is 7.27. The minimum atomic E-state index is -0.506. The van der Waals surface area contributed by atoms with E-state index in [-0.39, 0.29) is 12.5 Å². The standard InChI is InChI=1S/C23H24ClN3O3S/c1-15-19-13-20(31-22(19)27(26-15)18-9-7-17(24)8-10-18)23(29)30-14-21(28)25-12-11-16-5-3-2-4-6-16/h5,7-10,13H,2-4,6,11-12,14H2,1H3,(H,25,28). The molecule has 3 aromatic rings. The van der Waals surface area contributed by atoms with E-state index in [4.69, 9.17) is 16.3 Å². The molecule has 0 bridgehead atoms. The van der Waals surface area contributed by atoms with E-state index in [9.17, 15) is 9.59 Å². The molecule has 0 aliphatic heterocycles. The van der Waals surface area contributed by atoms with E-state index in [1.54, 1.807) is 22.9 Å². The fraction of sp³-hybridized carbons (Fsp3) is 0.348. The molecule has 8 heteroatoms. The summed E-state index contributed by atoms with van der Waals surface area (Å²) in [6, 6.07) is 9.11. The molecular weight excluding hydrogens is 434 g/mol. The van der Waals surface area contributed by atoms with Crippen molar-refractivity contribution in [2.24, 2.45) is 0 Å². The second-order valence-electron chi connectivity index (χ2n) is 7.59. The van der Waals surface area contributed by atoms with Crippen molar-refractivity contribution < 1.29 is 14.3 Å². The maximum Gasteiger partial charge on any atom is 0.348 e. The summed E-state index contributed by atoms with van der Waals surface area (Å²) in [4.78, 5) is 25.8. The highest BCUT2D eigenvalue weighted by molar-refractivity contribution is 7.20. The Kier molecular flexibility index (Phi) is 6.73. The number of carbonyl (C=O) groups is 2. The molecule has 0 spiro atoms. The molecule has 1 aliphatic carbocycles. The molecule has 1 aliphatic rings. The summed E-state index contributed by atoms with van der Waals surface area (Å²) in [6.07, 6.45) is 7.85. The topological polar surface area (TPSA) is 73.2 Å². The third kappa shape index (κ3) is 5.17. The number of halogens is 1. The van der Waals surface area contributed by atoms with Gasteiger partial charge in [0.25, 0.3) is 5.91 Å². The molecule has 1 aromatic carbocycles. The third-order valence-corrected chi connectivity index (χ3v) is 6.65. The Morgan fingerprint density at radius 2 is 2.06 bits per heavy atom. The summed E-state index contributed by atoms with van der Waals surface area (Å²) in [6.45, 7) is 2.18. The SMILES string of the molecule is Cc1nn(-c2ccc(Cl)cc2)c2sc(C(=O)OCC(=O)NCCC3=CCCCC3)cc12. The van der Waals surface area contributed by atoms with E-state index in [1.165, 1.54) is 29.8 Å². The molecule has 1 amide bonds. The van der Waals surface area contributed by atoms with Crippen LogP contribution in [-0.2, 0) is 9.53 Å². The lowest BCUT2D eigenvalue weighted by Crippen LogP contribution is -2.29. The van der Waals surface area contributed by atoms with Crippen molar-refractivity contribution in [3.63, 3.8) is 0 Å². The van der Waals surface area contributed by atoms with Crippen LogP contribution in [0.25, 0.3) is 15.9 Å². The number of esters is 1. The molecule has 0 radical (unpaired) electrons. The van der Waals surface area contributed by atoms with Crippen LogP contribution in [0.15, 0.2) is 42.0 Å². The first kappa shape index (κ1) is 21.6. The summed E-state index contributed by atoms with van der Waals surface area (Å²) in [5.41, 5.74) is 3.07. The molecule has 0 saturated heterocycles. The number of aryl methyl sites for hydroxylation is 1. The molecule has 1 N–H and O–H groups in total. The number of hydrogen-bond acceptors (Lipinski definition) is 5. The molecule has 2 aromatic heterocycles. The van der Waals surface area contributed by atoms with Gasteiger partial charge in [-0.25, -0.2) is 9.48 Å². The van der Waals surface area contributed by atoms with Crippen LogP contribution in [0.4, 0.5) is 0 Å². The number of ether oxygens (including phenoxy) is 1. The van der Waals surface area contributed by atoms with Crippen molar-refractivity contribution >= 4 is 45.0 Å². The molecule has 0 unspecified atom stereocenters. The van der Waals surface area contributed by atoms with Crippen LogP contribution in [0, 0.1) is 6.92 Å².